The lowest BCUT2D eigenvalue weighted by Gasteiger charge is -2.20. The van der Waals surface area contributed by atoms with Gasteiger partial charge in [-0.05, 0) is 6.92 Å². The van der Waals surface area contributed by atoms with E-state index in [2.05, 4.69) is 11.3 Å². The monoisotopic (exact) mass is 178 g/mol. The fourth-order valence-electron chi connectivity index (χ4n) is 0.514. The highest BCUT2D eigenvalue weighted by Crippen LogP contribution is 2.13. The van der Waals surface area contributed by atoms with Crippen LogP contribution in [0.25, 0.3) is 0 Å². The normalized spacial score (nSPS) is 13.7. The topological polar surface area (TPSA) is 66.8 Å². The average Bonchev–Trinajstić information content (AvgIpc) is 2.03. The first-order chi connectivity index (χ1) is 5.46. The minimum absolute atomic E-state index is 0.0500. The van der Waals surface area contributed by atoms with Crippen molar-refractivity contribution in [2.24, 2.45) is 0 Å². The van der Waals surface area contributed by atoms with Crippen molar-refractivity contribution in [3.05, 3.63) is 12.7 Å². The van der Waals surface area contributed by atoms with E-state index in [1.165, 1.54) is 6.92 Å². The summed E-state index contributed by atoms with van der Waals surface area (Å²) >= 11 is 0. The molecule has 0 aromatic heterocycles. The van der Waals surface area contributed by atoms with Crippen molar-refractivity contribution < 1.29 is 24.1 Å². The Labute approximate surface area is 69.3 Å². The van der Waals surface area contributed by atoms with Crippen molar-refractivity contribution >= 4 is 5.97 Å². The Morgan fingerprint density at radius 2 is 2.33 bits per heavy atom. The Kier molecular flexibility index (Phi) is 3.85. The molecule has 0 rings (SSSR count). The van der Waals surface area contributed by atoms with E-state index in [4.69, 9.17) is 10.2 Å². The molecule has 0 aliphatic rings. The molecule has 0 heterocycles. The van der Waals surface area contributed by atoms with Gasteiger partial charge in [-0.1, -0.05) is 12.7 Å². The second-order valence-electron chi connectivity index (χ2n) is 2.08. The van der Waals surface area contributed by atoms with Crippen molar-refractivity contribution in [2.45, 2.75) is 18.9 Å². The van der Waals surface area contributed by atoms with Crippen molar-refractivity contribution in [1.82, 2.24) is 0 Å². The zero-order chi connectivity index (χ0) is 9.78. The number of rotatable bonds is 4. The van der Waals surface area contributed by atoms with Crippen LogP contribution in [0.1, 0.15) is 6.92 Å². The lowest BCUT2D eigenvalue weighted by Crippen LogP contribution is -2.47. The Morgan fingerprint density at radius 1 is 1.83 bits per heavy atom. The Balaban J connectivity index is 4.37. The van der Waals surface area contributed by atoms with E-state index >= 15 is 0 Å². The van der Waals surface area contributed by atoms with Crippen LogP contribution in [-0.2, 0) is 9.53 Å². The number of hydrogen-bond acceptors (Lipinski definition) is 4. The maximum absolute atomic E-state index is 12.6. The fraction of sp³-hybridized carbons (Fsp3) is 0.571. The summed E-state index contributed by atoms with van der Waals surface area (Å²) in [7, 11) is 0. The van der Waals surface area contributed by atoms with Crippen molar-refractivity contribution in [3.8, 4) is 0 Å². The molecule has 0 aromatic carbocycles. The lowest BCUT2D eigenvalue weighted by atomic mass is 10.1. The van der Waals surface area contributed by atoms with E-state index in [1.54, 1.807) is 0 Å². The number of esters is 1. The first kappa shape index (κ1) is 11.1. The van der Waals surface area contributed by atoms with Gasteiger partial charge in [0.2, 0.25) is 0 Å². The number of hydrogen-bond donors (Lipinski definition) is 2. The van der Waals surface area contributed by atoms with Gasteiger partial charge in [0.15, 0.2) is 6.17 Å². The molecule has 0 spiro atoms. The second kappa shape index (κ2) is 4.18. The van der Waals surface area contributed by atoms with Crippen LogP contribution in [0.15, 0.2) is 12.7 Å². The maximum atomic E-state index is 12.6. The van der Waals surface area contributed by atoms with Crippen LogP contribution in [0.5, 0.6) is 0 Å². The highest BCUT2D eigenvalue weighted by Gasteiger charge is 2.42. The standard InChI is InChI=1S/C7H11FO4/c1-3-5(8)7(10,11)6(9)12-4-2/h3,5,10-11H,1,4H2,2H3. The van der Waals surface area contributed by atoms with E-state index in [1.807, 2.05) is 0 Å². The predicted molar refractivity (Wildman–Crippen MR) is 38.9 cm³/mol. The molecule has 0 aliphatic carbocycles. The first-order valence-corrected chi connectivity index (χ1v) is 3.35. The summed E-state index contributed by atoms with van der Waals surface area (Å²) in [5, 5.41) is 17.6. The third-order valence-electron chi connectivity index (χ3n) is 1.17. The summed E-state index contributed by atoms with van der Waals surface area (Å²) in [5.74, 6) is -4.55. The van der Waals surface area contributed by atoms with Crippen LogP contribution >= 0.6 is 0 Å². The summed E-state index contributed by atoms with van der Waals surface area (Å²) in [5.41, 5.74) is 0. The van der Waals surface area contributed by atoms with Gasteiger partial charge in [-0.3, -0.25) is 0 Å². The molecule has 4 nitrogen and oxygen atoms in total. The number of ether oxygens (including phenoxy) is 1. The summed E-state index contributed by atoms with van der Waals surface area (Å²) in [4.78, 5) is 10.7. The molecule has 0 saturated heterocycles. The van der Waals surface area contributed by atoms with E-state index in [-0.39, 0.29) is 6.61 Å². The minimum Gasteiger partial charge on any atom is -0.462 e. The summed E-state index contributed by atoms with van der Waals surface area (Å²) in [6, 6.07) is 0. The predicted octanol–water partition coefficient (Wildman–Crippen LogP) is -0.246. The molecule has 0 radical (unpaired) electrons. The van der Waals surface area contributed by atoms with E-state index in [0.717, 1.165) is 0 Å². The zero-order valence-corrected chi connectivity index (χ0v) is 6.66. The summed E-state index contributed by atoms with van der Waals surface area (Å²) in [6.07, 6.45) is -1.65. The van der Waals surface area contributed by atoms with Gasteiger partial charge in [-0.2, -0.15) is 0 Å². The largest absolute Gasteiger partial charge is 0.462 e. The van der Waals surface area contributed by atoms with Gasteiger partial charge in [-0.25, -0.2) is 9.18 Å². The van der Waals surface area contributed by atoms with Crippen LogP contribution in [-0.4, -0.2) is 34.7 Å². The van der Waals surface area contributed by atoms with Gasteiger partial charge in [0.1, 0.15) is 0 Å². The number of alkyl halides is 1. The van der Waals surface area contributed by atoms with Crippen molar-refractivity contribution in [2.75, 3.05) is 6.61 Å². The smallest absolute Gasteiger partial charge is 0.370 e. The molecule has 0 amide bonds. The van der Waals surface area contributed by atoms with Crippen LogP contribution in [0.4, 0.5) is 4.39 Å². The number of halogens is 1. The van der Waals surface area contributed by atoms with E-state index in [9.17, 15) is 9.18 Å². The first-order valence-electron chi connectivity index (χ1n) is 3.35. The molecule has 0 aliphatic heterocycles. The third kappa shape index (κ3) is 2.28. The van der Waals surface area contributed by atoms with Crippen LogP contribution in [0.3, 0.4) is 0 Å². The molecule has 1 unspecified atom stereocenters. The quantitative estimate of drug-likeness (QED) is 0.354. The van der Waals surface area contributed by atoms with Gasteiger partial charge in [0.25, 0.3) is 5.79 Å². The number of aliphatic hydroxyl groups is 2. The zero-order valence-electron chi connectivity index (χ0n) is 6.66. The molecule has 0 aromatic rings. The Hall–Kier alpha value is -0.940. The highest BCUT2D eigenvalue weighted by atomic mass is 19.1. The van der Waals surface area contributed by atoms with Gasteiger partial charge < -0.3 is 14.9 Å². The molecule has 0 bridgehead atoms. The molecule has 0 fully saturated rings. The second-order valence-corrected chi connectivity index (χ2v) is 2.08. The molecule has 1 atom stereocenters. The molecule has 70 valence electrons. The van der Waals surface area contributed by atoms with Gasteiger partial charge in [-0.15, -0.1) is 0 Å². The molecule has 2 N–H and O–H groups in total. The summed E-state index contributed by atoms with van der Waals surface area (Å²) in [6.45, 7) is 4.38. The van der Waals surface area contributed by atoms with Crippen LogP contribution < -0.4 is 0 Å². The minimum atomic E-state index is -3.13. The molecular weight excluding hydrogens is 167 g/mol. The van der Waals surface area contributed by atoms with Crippen LogP contribution in [0.2, 0.25) is 0 Å². The highest BCUT2D eigenvalue weighted by molar-refractivity contribution is 5.78. The van der Waals surface area contributed by atoms with Gasteiger partial charge in [0.05, 0.1) is 6.61 Å². The fourth-order valence-corrected chi connectivity index (χ4v) is 0.514. The Bertz CT molecular complexity index is 178. The molecule has 5 heteroatoms. The van der Waals surface area contributed by atoms with Crippen molar-refractivity contribution in [3.63, 3.8) is 0 Å². The summed E-state index contributed by atoms with van der Waals surface area (Å²) < 4.78 is 16.8. The van der Waals surface area contributed by atoms with E-state index < -0.39 is 17.9 Å². The van der Waals surface area contributed by atoms with E-state index in [0.29, 0.717) is 6.08 Å². The Morgan fingerprint density at radius 3 is 2.67 bits per heavy atom. The van der Waals surface area contributed by atoms with Crippen LogP contribution in [0, 0.1) is 0 Å². The molecule has 12 heavy (non-hydrogen) atoms. The molecule has 0 saturated carbocycles. The third-order valence-corrected chi connectivity index (χ3v) is 1.17. The SMILES string of the molecule is C=CC(F)C(O)(O)C(=O)OCC. The number of carbonyl (C=O) groups excluding carboxylic acids is 1. The number of carbonyl (C=O) groups is 1. The average molecular weight is 178 g/mol. The maximum Gasteiger partial charge on any atom is 0.370 e. The molecular formula is C7H11FO4. The lowest BCUT2D eigenvalue weighted by molar-refractivity contribution is -0.223. The van der Waals surface area contributed by atoms with Gasteiger partial charge >= 0.3 is 5.97 Å². The van der Waals surface area contributed by atoms with Gasteiger partial charge in [0, 0.05) is 0 Å². The van der Waals surface area contributed by atoms with Crippen molar-refractivity contribution in [1.29, 1.82) is 0 Å².